The smallest absolute Gasteiger partial charge is 0.347 e. The van der Waals surface area contributed by atoms with Crippen molar-refractivity contribution in [3.8, 4) is 0 Å². The van der Waals surface area contributed by atoms with Crippen LogP contribution >= 0.6 is 0 Å². The van der Waals surface area contributed by atoms with Crippen LogP contribution in [0.25, 0.3) is 0 Å². The van der Waals surface area contributed by atoms with Crippen molar-refractivity contribution in [2.75, 3.05) is 52.9 Å². The largest absolute Gasteiger partial charge is 0.478 e. The molecule has 6 heterocycles. The third-order valence-electron chi connectivity index (χ3n) is 21.6. The molecule has 6 saturated heterocycles. The number of aliphatic hydroxyl groups is 7. The number of aliphatic hydroxyl groups excluding tert-OH is 7. The summed E-state index contributed by atoms with van der Waals surface area (Å²) in [6, 6.07) is 0. The van der Waals surface area contributed by atoms with E-state index in [1.54, 1.807) is 0 Å². The van der Waals surface area contributed by atoms with Gasteiger partial charge >= 0.3 is 83.6 Å². The van der Waals surface area contributed by atoms with Gasteiger partial charge in [-0.3, -0.25) is 62.3 Å². The van der Waals surface area contributed by atoms with Crippen molar-refractivity contribution in [2.24, 2.45) is 0 Å². The number of carbonyl (C=O) groups is 14. The first-order chi connectivity index (χ1) is 62.9. The molecule has 6 fully saturated rings. The Bertz CT molecular complexity index is 3700. The summed E-state index contributed by atoms with van der Waals surface area (Å²) in [4.78, 5) is 179. The predicted octanol–water partition coefficient (Wildman–Crippen LogP) is -0.173. The third-order valence-corrected chi connectivity index (χ3v) is 21.6. The van der Waals surface area contributed by atoms with Gasteiger partial charge in [-0.2, -0.15) is 0 Å². The van der Waals surface area contributed by atoms with Crippen molar-refractivity contribution in [3.63, 3.8) is 0 Å². The Morgan fingerprint density at radius 2 is 0.586 bits per heavy atom. The molecular formula is C85H132O48. The van der Waals surface area contributed by atoms with Crippen LogP contribution in [-0.2, 0) is 190 Å². The number of esters is 13. The normalized spacial score (nSPS) is 32.5. The van der Waals surface area contributed by atoms with Crippen LogP contribution in [0.15, 0.2) is 0 Å². The van der Waals surface area contributed by atoms with Gasteiger partial charge in [0.2, 0.25) is 6.10 Å². The lowest BCUT2D eigenvalue weighted by Gasteiger charge is -2.52. The Kier molecular flexibility index (Phi) is 48.7. The van der Waals surface area contributed by atoms with Crippen LogP contribution in [0.3, 0.4) is 0 Å². The minimum Gasteiger partial charge on any atom is -0.478 e. The molecule has 0 unspecified atom stereocenters. The molecule has 0 amide bonds. The van der Waals surface area contributed by atoms with Crippen molar-refractivity contribution >= 4 is 83.6 Å². The van der Waals surface area contributed by atoms with E-state index in [4.69, 9.17) is 123 Å². The molecule has 760 valence electrons. The number of rotatable bonds is 53. The lowest BCUT2D eigenvalue weighted by Crippen LogP contribution is -2.70. The van der Waals surface area contributed by atoms with Crippen molar-refractivity contribution in [2.45, 2.75) is 403 Å². The van der Waals surface area contributed by atoms with Crippen LogP contribution in [0.1, 0.15) is 206 Å². The molecule has 48 heteroatoms. The molecule has 0 radical (unpaired) electrons. The molecule has 0 aromatic carbocycles. The highest BCUT2D eigenvalue weighted by atomic mass is 16.8. The number of carboxylic acid groups (broad SMARTS) is 1. The fraction of sp³-hybridized carbons (Fsp3) is 0.835. The summed E-state index contributed by atoms with van der Waals surface area (Å²) in [5.74, 6) is -14.7. The van der Waals surface area contributed by atoms with Crippen molar-refractivity contribution in [1.29, 1.82) is 0 Å². The zero-order valence-electron chi connectivity index (χ0n) is 77.1. The zero-order chi connectivity index (χ0) is 98.6. The van der Waals surface area contributed by atoms with E-state index in [1.807, 2.05) is 6.92 Å². The Balaban J connectivity index is 1.41. The van der Waals surface area contributed by atoms with E-state index in [-0.39, 0.29) is 6.61 Å². The fourth-order valence-electron chi connectivity index (χ4n) is 15.7. The lowest BCUT2D eigenvalue weighted by atomic mass is 9.94. The zero-order valence-corrected chi connectivity index (χ0v) is 77.1. The van der Waals surface area contributed by atoms with E-state index in [9.17, 15) is 108 Å². The third kappa shape index (κ3) is 37.0. The monoisotopic (exact) mass is 1920 g/mol. The van der Waals surface area contributed by atoms with Crippen LogP contribution < -0.4 is 0 Å². The van der Waals surface area contributed by atoms with Gasteiger partial charge in [0.15, 0.2) is 86.6 Å². The average molecular weight is 1920 g/mol. The van der Waals surface area contributed by atoms with Gasteiger partial charge in [-0.15, -0.1) is 0 Å². The molecule has 8 N–H and O–H groups in total. The second kappa shape index (κ2) is 57.1. The van der Waals surface area contributed by atoms with Crippen LogP contribution in [0.4, 0.5) is 0 Å². The molecule has 133 heavy (non-hydrogen) atoms. The maximum absolute atomic E-state index is 13.9. The molecule has 0 saturated carbocycles. The van der Waals surface area contributed by atoms with E-state index in [2.05, 4.69) is 0 Å². The van der Waals surface area contributed by atoms with E-state index in [0.29, 0.717) is 32.3 Å². The highest BCUT2D eigenvalue weighted by molar-refractivity contribution is 5.77. The van der Waals surface area contributed by atoms with Crippen molar-refractivity contribution in [3.05, 3.63) is 0 Å². The second-order valence-corrected chi connectivity index (χ2v) is 32.7. The Morgan fingerprint density at radius 3 is 0.992 bits per heavy atom. The molecule has 48 nitrogen and oxygen atoms in total. The number of hydrogen-bond acceptors (Lipinski definition) is 47. The molecular weight excluding hydrogens is 1790 g/mol. The standard InChI is InChI=1S/C85H132O48/c1-15-30-53(31-28-26-24-22-20-18-16-17-19-21-23-25-27-29-32-108-34-60(79(106)107)114-45(7)92)122-81-72(132-84-76(120-51(13)98)73(117-48(10)95)68(115-46(8)93)57(126-84)37-111-42(4)89)66(105)67(54(33-86)123-81)129-83-77(121-52(14)99)75(119-50(12)97)70(59(128-83)39-113-44(6)91)130-85-78(74(118-49(11)96)69(116-47(9)94)58(127-85)38-112-43(5)90)133-82-71(64(103)62(101)56(125-82)36-110-41(3)88)131-80-65(104)63(102)61(100)55(124-80)35-109-40(2)87/h53-78,80-86,100-105H,15-39H2,1-14H3,(H,106,107)/t53-,54-,55-,56-,57-,58-,59-,60-,61-,62-,63+,64+,65-,66+,67-,68-,69-,70-,71-,72-,73+,74+,75+,76-,77-,78-,80+,81-,82+,83+,84+,85+/m1/s1. The summed E-state index contributed by atoms with van der Waals surface area (Å²) < 4.78 is 155. The number of ether oxygens (including phenoxy) is 26. The summed E-state index contributed by atoms with van der Waals surface area (Å²) in [5.41, 5.74) is 0. The predicted molar refractivity (Wildman–Crippen MR) is 435 cm³/mol. The summed E-state index contributed by atoms with van der Waals surface area (Å²) in [7, 11) is 0. The highest BCUT2D eigenvalue weighted by Gasteiger charge is 2.63. The van der Waals surface area contributed by atoms with Crippen LogP contribution in [0, 0.1) is 0 Å². The highest BCUT2D eigenvalue weighted by Crippen LogP contribution is 2.42. The summed E-state index contributed by atoms with van der Waals surface area (Å²) in [6.07, 6.45) is -51.1. The van der Waals surface area contributed by atoms with E-state index >= 15 is 0 Å². The van der Waals surface area contributed by atoms with Gasteiger partial charge in [-0.1, -0.05) is 96.8 Å². The minimum atomic E-state index is -2.44. The summed E-state index contributed by atoms with van der Waals surface area (Å²) in [6.45, 7) is 8.82. The van der Waals surface area contributed by atoms with Gasteiger partial charge < -0.3 is 164 Å². The van der Waals surface area contributed by atoms with E-state index < -0.39 is 320 Å². The van der Waals surface area contributed by atoms with Crippen LogP contribution in [0.2, 0.25) is 0 Å². The van der Waals surface area contributed by atoms with Gasteiger partial charge in [0.1, 0.15) is 131 Å². The first-order valence-electron chi connectivity index (χ1n) is 44.3. The molecule has 0 aromatic heterocycles. The first-order valence-corrected chi connectivity index (χ1v) is 44.3. The van der Waals surface area contributed by atoms with Crippen LogP contribution in [0.5, 0.6) is 0 Å². The number of hydrogen-bond donors (Lipinski definition) is 8. The van der Waals surface area contributed by atoms with Gasteiger partial charge in [-0.05, 0) is 19.3 Å². The number of carbonyl (C=O) groups excluding carboxylic acids is 13. The van der Waals surface area contributed by atoms with Crippen molar-refractivity contribution < 1.29 is 231 Å². The maximum atomic E-state index is 13.9. The van der Waals surface area contributed by atoms with E-state index in [0.717, 1.165) is 173 Å². The molecule has 0 aliphatic carbocycles. The maximum Gasteiger partial charge on any atom is 0.347 e. The fourth-order valence-corrected chi connectivity index (χ4v) is 15.7. The molecule has 0 aromatic rings. The topological polar surface area (TPSA) is 641 Å². The van der Waals surface area contributed by atoms with Crippen molar-refractivity contribution in [1.82, 2.24) is 0 Å². The first kappa shape index (κ1) is 114. The minimum absolute atomic E-state index is 0.226. The van der Waals surface area contributed by atoms with Crippen LogP contribution in [-0.4, -0.2) is 374 Å². The Morgan fingerprint density at radius 1 is 0.278 bits per heavy atom. The average Bonchev–Trinajstić information content (AvgIpc) is 0.757. The molecule has 32 atom stereocenters. The SMILES string of the molecule is CCC[C@H](CCCCCCCCCCCCCCCCOC[C@@H](OC(C)=O)C(=O)O)O[C@@H]1O[C@H](CO)[C@@H](O[C@@H]2O[C@H](COC(C)=O)[C@@H](O[C@@H]3O[C@H](COC(C)=O)[C@@H](OC(C)=O)[C@H](OC(C)=O)[C@H]3O[C@@H]3O[C@H](COC(C)=O)[C@@H](O)[C@H](O)[C@H]3O[C@@H]3O[C@H](COC(C)=O)[C@@H](O)[C@H](O)[C@H]3O)[C@H](OC(C)=O)[C@H]2OC(C)=O)[C@H](O)[C@H]1O[C@@H]1O[C@H](COC(C)=O)[C@@H](OC(C)=O)[C@H](OC(C)=O)[C@H]1OC(C)=O. The second-order valence-electron chi connectivity index (χ2n) is 32.7. The van der Waals surface area contributed by atoms with Gasteiger partial charge in [0, 0.05) is 96.6 Å². The quantitative estimate of drug-likeness (QED) is 0.0223. The Labute approximate surface area is 767 Å². The number of unbranched alkanes of at least 4 members (excludes halogenated alkanes) is 13. The Hall–Kier alpha value is -8.22. The molecule has 6 aliphatic heterocycles. The summed E-state index contributed by atoms with van der Waals surface area (Å²) in [5, 5.41) is 91.5. The number of carboxylic acids is 1. The van der Waals surface area contributed by atoms with Gasteiger partial charge in [0.05, 0.1) is 19.3 Å². The molecule has 6 rings (SSSR count). The molecule has 0 spiro atoms. The summed E-state index contributed by atoms with van der Waals surface area (Å²) >= 11 is 0. The lowest BCUT2D eigenvalue weighted by molar-refractivity contribution is -0.409. The van der Waals surface area contributed by atoms with Gasteiger partial charge in [0.25, 0.3) is 0 Å². The molecule has 0 bridgehead atoms. The van der Waals surface area contributed by atoms with E-state index in [1.165, 1.54) is 0 Å². The number of aliphatic carboxylic acids is 1. The van der Waals surface area contributed by atoms with Gasteiger partial charge in [-0.25, -0.2) is 4.79 Å². The molecule has 6 aliphatic rings.